The maximum absolute atomic E-state index is 11.5. The SMILES string of the molecule is COCCc1c(C(=O)O)nnn1C1CS(=O)(=O)CC1O. The van der Waals surface area contributed by atoms with Gasteiger partial charge in [0.25, 0.3) is 0 Å². The molecule has 9 nitrogen and oxygen atoms in total. The molecule has 0 bridgehead atoms. The van der Waals surface area contributed by atoms with Gasteiger partial charge in [0.15, 0.2) is 15.5 Å². The molecule has 0 saturated carbocycles. The van der Waals surface area contributed by atoms with Crippen molar-refractivity contribution in [3.63, 3.8) is 0 Å². The molecule has 2 heterocycles. The molecule has 2 N–H and O–H groups in total. The summed E-state index contributed by atoms with van der Waals surface area (Å²) in [6, 6.07) is -0.813. The molecule has 0 aromatic carbocycles. The average molecular weight is 305 g/mol. The van der Waals surface area contributed by atoms with Gasteiger partial charge >= 0.3 is 5.97 Å². The van der Waals surface area contributed by atoms with E-state index in [1.165, 1.54) is 11.8 Å². The Balaban J connectivity index is 2.39. The molecule has 0 aliphatic carbocycles. The molecule has 1 aliphatic heterocycles. The van der Waals surface area contributed by atoms with E-state index in [-0.39, 0.29) is 35.9 Å². The molecular formula is C10H15N3O6S. The third kappa shape index (κ3) is 2.81. The lowest BCUT2D eigenvalue weighted by Crippen LogP contribution is -2.25. The Morgan fingerprint density at radius 3 is 2.70 bits per heavy atom. The number of nitrogens with zero attached hydrogens (tertiary/aromatic N) is 3. The minimum absolute atomic E-state index is 0.217. The predicted molar refractivity (Wildman–Crippen MR) is 66.3 cm³/mol. The summed E-state index contributed by atoms with van der Waals surface area (Å²) in [6.45, 7) is 0.239. The van der Waals surface area contributed by atoms with E-state index in [9.17, 15) is 18.3 Å². The maximum atomic E-state index is 11.5. The van der Waals surface area contributed by atoms with Crippen molar-refractivity contribution in [2.45, 2.75) is 18.6 Å². The van der Waals surface area contributed by atoms with Gasteiger partial charge in [-0.1, -0.05) is 5.21 Å². The van der Waals surface area contributed by atoms with E-state index in [2.05, 4.69) is 10.3 Å². The Labute approximate surface area is 115 Å². The number of aromatic carboxylic acids is 1. The number of aromatic nitrogens is 3. The van der Waals surface area contributed by atoms with Crippen LogP contribution >= 0.6 is 0 Å². The summed E-state index contributed by atoms with van der Waals surface area (Å²) in [4.78, 5) is 11.1. The molecule has 112 valence electrons. The Morgan fingerprint density at radius 2 is 2.20 bits per heavy atom. The third-order valence-corrected chi connectivity index (χ3v) is 4.84. The van der Waals surface area contributed by atoms with Gasteiger partial charge < -0.3 is 14.9 Å². The van der Waals surface area contributed by atoms with Crippen LogP contribution in [0.3, 0.4) is 0 Å². The zero-order valence-corrected chi connectivity index (χ0v) is 11.6. The van der Waals surface area contributed by atoms with Crippen LogP contribution in [0.15, 0.2) is 0 Å². The van der Waals surface area contributed by atoms with Crippen LogP contribution < -0.4 is 0 Å². The lowest BCUT2D eigenvalue weighted by atomic mass is 10.2. The van der Waals surface area contributed by atoms with E-state index < -0.39 is 28.0 Å². The van der Waals surface area contributed by atoms with Crippen LogP contribution in [-0.2, 0) is 21.0 Å². The maximum Gasteiger partial charge on any atom is 0.358 e. The number of hydrogen-bond acceptors (Lipinski definition) is 7. The highest BCUT2D eigenvalue weighted by Crippen LogP contribution is 2.25. The molecule has 1 aromatic rings. The first-order chi connectivity index (χ1) is 9.35. The number of ether oxygens (including phenoxy) is 1. The normalized spacial score (nSPS) is 24.9. The first-order valence-electron chi connectivity index (χ1n) is 5.90. The number of methoxy groups -OCH3 is 1. The van der Waals surface area contributed by atoms with Crippen molar-refractivity contribution < 1.29 is 28.2 Å². The van der Waals surface area contributed by atoms with E-state index in [0.29, 0.717) is 0 Å². The number of rotatable bonds is 5. The van der Waals surface area contributed by atoms with E-state index in [1.807, 2.05) is 0 Å². The van der Waals surface area contributed by atoms with Crippen molar-refractivity contribution in [3.05, 3.63) is 11.4 Å². The van der Waals surface area contributed by atoms with E-state index in [0.717, 1.165) is 0 Å². The highest BCUT2D eigenvalue weighted by Gasteiger charge is 2.40. The van der Waals surface area contributed by atoms with E-state index in [4.69, 9.17) is 9.84 Å². The first-order valence-corrected chi connectivity index (χ1v) is 7.72. The fourth-order valence-electron chi connectivity index (χ4n) is 2.22. The lowest BCUT2D eigenvalue weighted by Gasteiger charge is -2.15. The summed E-state index contributed by atoms with van der Waals surface area (Å²) in [5.74, 6) is -1.89. The summed E-state index contributed by atoms with van der Waals surface area (Å²) in [6.07, 6.45) is -0.904. The molecule has 2 rings (SSSR count). The lowest BCUT2D eigenvalue weighted by molar-refractivity contribution is 0.0688. The number of carboxylic acid groups (broad SMARTS) is 1. The van der Waals surface area contributed by atoms with Crippen LogP contribution in [0.1, 0.15) is 22.2 Å². The molecule has 0 radical (unpaired) electrons. The molecule has 1 saturated heterocycles. The molecule has 1 aromatic heterocycles. The molecule has 2 unspecified atom stereocenters. The number of aliphatic hydroxyl groups is 1. The van der Waals surface area contributed by atoms with E-state index in [1.54, 1.807) is 0 Å². The van der Waals surface area contributed by atoms with Crippen molar-refractivity contribution in [1.82, 2.24) is 15.0 Å². The zero-order chi connectivity index (χ0) is 14.9. The molecule has 1 fully saturated rings. The van der Waals surface area contributed by atoms with Gasteiger partial charge in [-0.2, -0.15) is 0 Å². The van der Waals surface area contributed by atoms with Crippen LogP contribution in [0.25, 0.3) is 0 Å². The van der Waals surface area contributed by atoms with Crippen molar-refractivity contribution in [1.29, 1.82) is 0 Å². The minimum atomic E-state index is -3.36. The van der Waals surface area contributed by atoms with Crippen LogP contribution in [0.4, 0.5) is 0 Å². The standard InChI is InChI=1S/C10H15N3O6S/c1-19-3-2-6-9(10(15)16)11-12-13(6)7-4-20(17,18)5-8(7)14/h7-8,14H,2-5H2,1H3,(H,15,16). The van der Waals surface area contributed by atoms with Gasteiger partial charge in [-0.3, -0.25) is 0 Å². The first kappa shape index (κ1) is 14.9. The van der Waals surface area contributed by atoms with Gasteiger partial charge in [0.1, 0.15) is 0 Å². The minimum Gasteiger partial charge on any atom is -0.476 e. The van der Waals surface area contributed by atoms with Crippen molar-refractivity contribution in [2.75, 3.05) is 25.2 Å². The quantitative estimate of drug-likeness (QED) is 0.671. The Kier molecular flexibility index (Phi) is 4.06. The second-order valence-corrected chi connectivity index (χ2v) is 6.74. The van der Waals surface area contributed by atoms with Gasteiger partial charge in [-0.15, -0.1) is 5.10 Å². The second-order valence-electron chi connectivity index (χ2n) is 4.59. The third-order valence-electron chi connectivity index (χ3n) is 3.14. The van der Waals surface area contributed by atoms with Crippen LogP contribution in [0.2, 0.25) is 0 Å². The summed E-state index contributed by atoms with van der Waals surface area (Å²) in [5, 5.41) is 26.1. The molecule has 0 spiro atoms. The zero-order valence-electron chi connectivity index (χ0n) is 10.8. The molecular weight excluding hydrogens is 290 g/mol. The van der Waals surface area contributed by atoms with Crippen LogP contribution in [0, 0.1) is 0 Å². The highest BCUT2D eigenvalue weighted by molar-refractivity contribution is 7.91. The topological polar surface area (TPSA) is 132 Å². The molecule has 10 heteroatoms. The van der Waals surface area contributed by atoms with Gasteiger partial charge in [-0.05, 0) is 0 Å². The molecule has 2 atom stereocenters. The number of sulfone groups is 1. The second kappa shape index (κ2) is 5.46. The average Bonchev–Trinajstić information content (AvgIpc) is 2.86. The molecule has 0 amide bonds. The smallest absolute Gasteiger partial charge is 0.358 e. The number of hydrogen-bond donors (Lipinski definition) is 2. The monoisotopic (exact) mass is 305 g/mol. The predicted octanol–water partition coefficient (Wildman–Crippen LogP) is -1.50. The number of carboxylic acids is 1. The van der Waals surface area contributed by atoms with Gasteiger partial charge in [0, 0.05) is 13.5 Å². The fourth-order valence-corrected chi connectivity index (χ4v) is 3.98. The Morgan fingerprint density at radius 1 is 1.50 bits per heavy atom. The van der Waals surface area contributed by atoms with Gasteiger partial charge in [0.2, 0.25) is 0 Å². The van der Waals surface area contributed by atoms with Crippen molar-refractivity contribution in [2.24, 2.45) is 0 Å². The van der Waals surface area contributed by atoms with Crippen LogP contribution in [-0.4, -0.2) is 70.9 Å². The highest BCUT2D eigenvalue weighted by atomic mass is 32.2. The van der Waals surface area contributed by atoms with Crippen molar-refractivity contribution in [3.8, 4) is 0 Å². The largest absolute Gasteiger partial charge is 0.476 e. The summed E-state index contributed by atoms with van der Waals surface area (Å²) in [7, 11) is -1.90. The Bertz CT molecular complexity index is 611. The van der Waals surface area contributed by atoms with E-state index >= 15 is 0 Å². The summed E-state index contributed by atoms with van der Waals surface area (Å²) < 4.78 is 29.1. The fraction of sp³-hybridized carbons (Fsp3) is 0.700. The number of carbonyl (C=O) groups is 1. The molecule has 20 heavy (non-hydrogen) atoms. The van der Waals surface area contributed by atoms with Gasteiger partial charge in [-0.25, -0.2) is 17.9 Å². The van der Waals surface area contributed by atoms with Crippen LogP contribution in [0.5, 0.6) is 0 Å². The summed E-state index contributed by atoms with van der Waals surface area (Å²) in [5.41, 5.74) is -0.000882. The van der Waals surface area contributed by atoms with Gasteiger partial charge in [0.05, 0.1) is 36.0 Å². The summed E-state index contributed by atoms with van der Waals surface area (Å²) >= 11 is 0. The molecule has 1 aliphatic rings. The number of aliphatic hydroxyl groups excluding tert-OH is 1. The van der Waals surface area contributed by atoms with Crippen molar-refractivity contribution >= 4 is 15.8 Å². The Hall–Kier alpha value is -1.52.